The Morgan fingerprint density at radius 1 is 0.298 bits per heavy atom. The van der Waals surface area contributed by atoms with Gasteiger partial charge >= 0.3 is 0 Å². The van der Waals surface area contributed by atoms with Gasteiger partial charge in [0, 0.05) is 21.9 Å². The molecule has 0 aliphatic heterocycles. The van der Waals surface area contributed by atoms with Crippen LogP contribution in [-0.4, -0.2) is 0 Å². The smallest absolute Gasteiger partial charge is 0.143 e. The number of rotatable bonds is 4. The molecule has 0 aliphatic rings. The fourth-order valence-corrected chi connectivity index (χ4v) is 8.49. The van der Waals surface area contributed by atoms with Crippen molar-refractivity contribution in [1.29, 1.82) is 0 Å². The van der Waals surface area contributed by atoms with Gasteiger partial charge in [-0.1, -0.05) is 169 Å². The molecule has 0 saturated heterocycles. The molecule has 57 heavy (non-hydrogen) atoms. The number of furan rings is 1. The second-order valence-corrected chi connectivity index (χ2v) is 14.1. The first kappa shape index (κ1) is 18.4. The van der Waals surface area contributed by atoms with Crippen LogP contribution in [0, 0.1) is 0 Å². The van der Waals surface area contributed by atoms with E-state index < -0.39 is 109 Å². The molecule has 0 radical (unpaired) electrons. The molecule has 0 saturated carbocycles. The minimum absolute atomic E-state index is 0.00499. The van der Waals surface area contributed by atoms with Gasteiger partial charge < -0.3 is 4.42 Å². The third kappa shape index (κ3) is 4.40. The predicted molar refractivity (Wildman–Crippen MR) is 243 cm³/mol. The maximum absolute atomic E-state index is 9.69. The summed E-state index contributed by atoms with van der Waals surface area (Å²) in [4.78, 5) is 0. The average Bonchev–Trinajstić information content (AvgIpc) is 3.86. The lowest BCUT2D eigenvalue weighted by atomic mass is 9.87. The fourth-order valence-electron chi connectivity index (χ4n) is 8.49. The van der Waals surface area contributed by atoms with E-state index in [4.69, 9.17) is 18.1 Å². The van der Waals surface area contributed by atoms with Gasteiger partial charge in [-0.2, -0.15) is 0 Å². The van der Waals surface area contributed by atoms with Gasteiger partial charge in [0.2, 0.25) is 0 Å². The van der Waals surface area contributed by atoms with E-state index in [2.05, 4.69) is 0 Å². The molecule has 0 atom stereocenters. The molecule has 0 spiro atoms. The quantitative estimate of drug-likeness (QED) is 0.164. The second-order valence-electron chi connectivity index (χ2n) is 14.1. The topological polar surface area (TPSA) is 13.1 Å². The molecular formula is C56H32O. The Morgan fingerprint density at radius 3 is 1.09 bits per heavy atom. The molecule has 0 bridgehead atoms. The minimum Gasteiger partial charge on any atom is -0.455 e. The van der Waals surface area contributed by atoms with Gasteiger partial charge in [0.05, 0.1) is 24.7 Å². The van der Waals surface area contributed by atoms with Crippen LogP contribution in [0.3, 0.4) is 0 Å². The van der Waals surface area contributed by atoms with Gasteiger partial charge in [0.25, 0.3) is 0 Å². The summed E-state index contributed by atoms with van der Waals surface area (Å²) in [7, 11) is 0. The van der Waals surface area contributed by atoms with Crippen LogP contribution in [0.4, 0.5) is 0 Å². The van der Waals surface area contributed by atoms with Gasteiger partial charge in [0.15, 0.2) is 0 Å². The fraction of sp³-hybridized carbons (Fsp3) is 0. The van der Waals surface area contributed by atoms with Crippen LogP contribution in [0.25, 0.3) is 131 Å². The van der Waals surface area contributed by atoms with E-state index in [1.165, 1.54) is 0 Å². The molecule has 1 aromatic heterocycles. The van der Waals surface area contributed by atoms with Crippen LogP contribution in [0.5, 0.6) is 0 Å². The highest BCUT2D eigenvalue weighted by Gasteiger charge is 2.22. The Labute approximate surface area is 353 Å². The molecule has 0 aliphatic carbocycles. The zero-order valence-corrected chi connectivity index (χ0v) is 29.5. The van der Waals surface area contributed by atoms with Crippen LogP contribution in [0.15, 0.2) is 198 Å². The van der Waals surface area contributed by atoms with Crippen LogP contribution in [-0.2, 0) is 0 Å². The van der Waals surface area contributed by atoms with Gasteiger partial charge in [-0.15, -0.1) is 0 Å². The Kier molecular flexibility index (Phi) is 3.73. The van der Waals surface area contributed by atoms with Crippen molar-refractivity contribution in [2.45, 2.75) is 0 Å². The maximum atomic E-state index is 9.69. The second kappa shape index (κ2) is 11.5. The van der Waals surface area contributed by atoms with Gasteiger partial charge in [-0.25, -0.2) is 0 Å². The number of hydrogen-bond acceptors (Lipinski definition) is 1. The normalized spacial score (nSPS) is 16.6. The van der Waals surface area contributed by atoms with E-state index in [9.17, 15) is 11.0 Å². The minimum atomic E-state index is -0.583. The van der Waals surface area contributed by atoms with E-state index in [0.29, 0.717) is 44.2 Å². The highest BCUT2D eigenvalue weighted by atomic mass is 16.3. The summed E-state index contributed by atoms with van der Waals surface area (Å²) in [6.45, 7) is 0. The zero-order chi connectivity index (χ0) is 52.9. The summed E-state index contributed by atoms with van der Waals surface area (Å²) in [6, 6.07) is 16.2. The van der Waals surface area contributed by atoms with E-state index in [0.717, 1.165) is 0 Å². The molecular weight excluding hydrogens is 689 g/mol. The van der Waals surface area contributed by atoms with Crippen molar-refractivity contribution in [3.05, 3.63) is 194 Å². The number of hydrogen-bond donors (Lipinski definition) is 0. The largest absolute Gasteiger partial charge is 0.455 e. The molecule has 0 fully saturated rings. The molecule has 1 heteroatoms. The van der Waals surface area contributed by atoms with Crippen LogP contribution in [0.1, 0.15) is 24.7 Å². The van der Waals surface area contributed by atoms with Crippen molar-refractivity contribution in [2.24, 2.45) is 0 Å². The average molecular weight is 739 g/mol. The summed E-state index contributed by atoms with van der Waals surface area (Å²) in [6.07, 6.45) is 0. The van der Waals surface area contributed by atoms with Crippen molar-refractivity contribution in [1.82, 2.24) is 0 Å². The van der Waals surface area contributed by atoms with E-state index in [-0.39, 0.29) is 86.9 Å². The Hall–Kier alpha value is -7.48. The molecule has 0 amide bonds. The molecule has 1 heterocycles. The summed E-state index contributed by atoms with van der Waals surface area (Å²) in [5, 5.41) is -0.220. The van der Waals surface area contributed by atoms with Crippen molar-refractivity contribution in [2.75, 3.05) is 0 Å². The molecule has 0 unspecified atom stereocenters. The van der Waals surface area contributed by atoms with Crippen molar-refractivity contribution < 1.29 is 29.1 Å². The highest BCUT2D eigenvalue weighted by Crippen LogP contribution is 2.48. The van der Waals surface area contributed by atoms with Gasteiger partial charge in [0.1, 0.15) is 11.2 Å². The summed E-state index contributed by atoms with van der Waals surface area (Å²) >= 11 is 0. The lowest BCUT2D eigenvalue weighted by Gasteiger charge is -2.15. The number of fused-ring (bicyclic) bond motifs is 3. The monoisotopic (exact) mass is 738 g/mol. The number of benzene rings is 12. The van der Waals surface area contributed by atoms with Gasteiger partial charge in [-0.05, 0) is 122 Å². The Bertz CT molecular complexity index is 4430. The first-order chi connectivity index (χ1) is 35.8. The third-order valence-electron chi connectivity index (χ3n) is 11.0. The van der Waals surface area contributed by atoms with Crippen LogP contribution >= 0.6 is 0 Å². The molecule has 12 aromatic carbocycles. The summed E-state index contributed by atoms with van der Waals surface area (Å²) < 4.78 is 172. The lowest BCUT2D eigenvalue weighted by Crippen LogP contribution is -1.89. The van der Waals surface area contributed by atoms with Crippen molar-refractivity contribution in [3.63, 3.8) is 0 Å². The maximum Gasteiger partial charge on any atom is 0.143 e. The van der Waals surface area contributed by atoms with Gasteiger partial charge in [-0.3, -0.25) is 0 Å². The van der Waals surface area contributed by atoms with Crippen LogP contribution < -0.4 is 0 Å². The zero-order valence-electron chi connectivity index (χ0n) is 47.5. The first-order valence-electron chi connectivity index (χ1n) is 27.3. The SMILES string of the molecule is [2H]c1c([2H])c2c([2H])c([2H])c3c([2H])c([2H])c(-c4cc(-c5ccccc5)c5oc6c(-c7ccccc7)cc(-c7c([2H])c([2H])c8c([2H])c([2H])c9c([2H])c([2H])c([2H])c%10c([2H])c([2H])c7c8c9%10)cc6c5c4)c4c([2H])c([2H])c(c1[2H])c2c34. The third-order valence-corrected chi connectivity index (χ3v) is 11.0. The van der Waals surface area contributed by atoms with Crippen LogP contribution in [0.2, 0.25) is 0 Å². The summed E-state index contributed by atoms with van der Waals surface area (Å²) in [5.41, 5.74) is 3.53. The molecule has 13 aromatic rings. The highest BCUT2D eigenvalue weighted by molar-refractivity contribution is 6.27. The standard InChI is InChI=1S/C56H32O/c1-3-9-33(10-4-1)47-29-41(43-25-21-39-19-17-35-13-7-15-37-23-27-45(43)53(39)51(35)37)31-49-50-32-42(30-48(56(50)57-55(47)49)34-11-5-2-6-12-34)44-26-22-40-20-18-36-14-8-16-38-24-28-46(44)54(40)52(36)38/h1-32H/i7D,8D,13D,14D,15D,16D,17D,18D,19D,20D,21D,22D,23D,24D,25D,26D,27D,28D. The molecule has 0 N–H and O–H groups in total. The Morgan fingerprint density at radius 2 is 0.667 bits per heavy atom. The first-order valence-corrected chi connectivity index (χ1v) is 18.3. The molecule has 262 valence electrons. The lowest BCUT2D eigenvalue weighted by molar-refractivity contribution is 0.671. The van der Waals surface area contributed by atoms with E-state index in [1.807, 2.05) is 60.7 Å². The molecule has 1 nitrogen and oxygen atoms in total. The summed E-state index contributed by atoms with van der Waals surface area (Å²) in [5.74, 6) is 0. The predicted octanol–water partition coefficient (Wildman–Crippen LogP) is 16.0. The Balaban J connectivity index is 1.23. The van der Waals surface area contributed by atoms with Crippen molar-refractivity contribution >= 4 is 86.6 Å². The van der Waals surface area contributed by atoms with E-state index in [1.54, 1.807) is 24.3 Å². The van der Waals surface area contributed by atoms with E-state index >= 15 is 0 Å². The van der Waals surface area contributed by atoms with Crippen molar-refractivity contribution in [3.8, 4) is 44.5 Å². The molecule has 13 rings (SSSR count).